The van der Waals surface area contributed by atoms with Crippen LogP contribution in [0, 0.1) is 5.92 Å². The van der Waals surface area contributed by atoms with Gasteiger partial charge < -0.3 is 19.2 Å². The number of pyridine rings is 1. The van der Waals surface area contributed by atoms with E-state index >= 15 is 0 Å². The van der Waals surface area contributed by atoms with Crippen LogP contribution in [-0.2, 0) is 6.54 Å². The lowest BCUT2D eigenvalue weighted by Gasteiger charge is -2.32. The summed E-state index contributed by atoms with van der Waals surface area (Å²) in [4.78, 5) is 11.0. The standard InChI is InChI=1S/C23H30N4O3/c1-16(2)15-29-21-12-17(4-5-20(21)28-3)14-27-10-7-18(8-11-27)25-23-26-19-6-9-24-13-22(19)30-23/h4-6,9,12-13,16,18H,7-8,10-11,14-15H2,1-3H3,(H,25,26). The van der Waals surface area contributed by atoms with Gasteiger partial charge in [0.25, 0.3) is 6.01 Å². The highest BCUT2D eigenvalue weighted by molar-refractivity contribution is 5.72. The molecule has 7 nitrogen and oxygen atoms in total. The molecule has 160 valence electrons. The minimum absolute atomic E-state index is 0.364. The van der Waals surface area contributed by atoms with Crippen molar-refractivity contribution in [3.8, 4) is 11.5 Å². The van der Waals surface area contributed by atoms with Gasteiger partial charge in [0.2, 0.25) is 0 Å². The minimum atomic E-state index is 0.364. The zero-order valence-electron chi connectivity index (χ0n) is 17.9. The number of rotatable bonds is 8. The van der Waals surface area contributed by atoms with Crippen molar-refractivity contribution >= 4 is 17.1 Å². The zero-order chi connectivity index (χ0) is 20.9. The molecule has 0 amide bonds. The van der Waals surface area contributed by atoms with Gasteiger partial charge in [0.05, 0.1) is 19.9 Å². The van der Waals surface area contributed by atoms with Crippen LogP contribution in [0.1, 0.15) is 32.3 Å². The fraction of sp³-hybridized carbons (Fsp3) is 0.478. The average Bonchev–Trinajstić information content (AvgIpc) is 3.16. The van der Waals surface area contributed by atoms with Gasteiger partial charge in [-0.05, 0) is 42.5 Å². The van der Waals surface area contributed by atoms with Crippen LogP contribution >= 0.6 is 0 Å². The molecule has 2 aromatic heterocycles. The number of methoxy groups -OCH3 is 1. The molecule has 3 aromatic rings. The van der Waals surface area contributed by atoms with Crippen LogP contribution in [0.3, 0.4) is 0 Å². The fourth-order valence-corrected chi connectivity index (χ4v) is 3.70. The highest BCUT2D eigenvalue weighted by Crippen LogP contribution is 2.29. The van der Waals surface area contributed by atoms with E-state index in [4.69, 9.17) is 13.9 Å². The number of hydrogen-bond donors (Lipinski definition) is 1. The molecule has 7 heteroatoms. The molecule has 1 aromatic carbocycles. The Kier molecular flexibility index (Phi) is 6.38. The van der Waals surface area contributed by atoms with E-state index in [9.17, 15) is 0 Å². The van der Waals surface area contributed by atoms with Crippen molar-refractivity contribution in [2.75, 3.05) is 32.1 Å². The summed E-state index contributed by atoms with van der Waals surface area (Å²) in [7, 11) is 1.68. The van der Waals surface area contributed by atoms with Crippen molar-refractivity contribution in [2.24, 2.45) is 5.92 Å². The maximum absolute atomic E-state index is 5.95. The summed E-state index contributed by atoms with van der Waals surface area (Å²) < 4.78 is 17.1. The molecule has 4 rings (SSSR count). The second kappa shape index (κ2) is 9.34. The number of benzene rings is 1. The Morgan fingerprint density at radius 1 is 1.20 bits per heavy atom. The summed E-state index contributed by atoms with van der Waals surface area (Å²) in [6.45, 7) is 7.92. The maximum Gasteiger partial charge on any atom is 0.295 e. The average molecular weight is 411 g/mol. The van der Waals surface area contributed by atoms with E-state index < -0.39 is 0 Å². The molecule has 0 atom stereocenters. The molecule has 1 aliphatic rings. The van der Waals surface area contributed by atoms with Crippen molar-refractivity contribution in [1.82, 2.24) is 14.9 Å². The summed E-state index contributed by atoms with van der Waals surface area (Å²) >= 11 is 0. The van der Waals surface area contributed by atoms with Crippen LogP contribution in [0.15, 0.2) is 41.1 Å². The number of aromatic nitrogens is 2. The Morgan fingerprint density at radius 3 is 2.77 bits per heavy atom. The molecular weight excluding hydrogens is 380 g/mol. The lowest BCUT2D eigenvalue weighted by molar-refractivity contribution is 0.209. The molecule has 30 heavy (non-hydrogen) atoms. The zero-order valence-corrected chi connectivity index (χ0v) is 17.9. The largest absolute Gasteiger partial charge is 0.493 e. The highest BCUT2D eigenvalue weighted by Gasteiger charge is 2.21. The van der Waals surface area contributed by atoms with Gasteiger partial charge in [0.15, 0.2) is 17.1 Å². The first kappa shape index (κ1) is 20.5. The van der Waals surface area contributed by atoms with E-state index in [1.807, 2.05) is 12.1 Å². The molecule has 0 saturated carbocycles. The minimum Gasteiger partial charge on any atom is -0.493 e. The molecule has 0 spiro atoms. The number of hydrogen-bond acceptors (Lipinski definition) is 7. The van der Waals surface area contributed by atoms with Gasteiger partial charge in [-0.2, -0.15) is 4.98 Å². The van der Waals surface area contributed by atoms with Gasteiger partial charge in [-0.1, -0.05) is 19.9 Å². The van der Waals surface area contributed by atoms with Gasteiger partial charge in [-0.3, -0.25) is 9.88 Å². The predicted molar refractivity (Wildman–Crippen MR) is 117 cm³/mol. The van der Waals surface area contributed by atoms with E-state index in [1.54, 1.807) is 19.5 Å². The third-order valence-corrected chi connectivity index (χ3v) is 5.31. The monoisotopic (exact) mass is 410 g/mol. The quantitative estimate of drug-likeness (QED) is 0.592. The molecule has 1 fully saturated rings. The Morgan fingerprint density at radius 2 is 2.03 bits per heavy atom. The van der Waals surface area contributed by atoms with E-state index in [2.05, 4.69) is 46.2 Å². The molecule has 3 heterocycles. The number of nitrogens with one attached hydrogen (secondary N) is 1. The maximum atomic E-state index is 5.95. The molecule has 0 radical (unpaired) electrons. The number of piperidine rings is 1. The molecule has 0 unspecified atom stereocenters. The van der Waals surface area contributed by atoms with Gasteiger partial charge in [-0.15, -0.1) is 0 Å². The van der Waals surface area contributed by atoms with Gasteiger partial charge >= 0.3 is 0 Å². The van der Waals surface area contributed by atoms with Crippen molar-refractivity contribution < 1.29 is 13.9 Å². The topological polar surface area (TPSA) is 72.7 Å². The normalized spacial score (nSPS) is 15.6. The smallest absolute Gasteiger partial charge is 0.295 e. The number of anilines is 1. The molecular formula is C23H30N4O3. The number of oxazole rings is 1. The summed E-state index contributed by atoms with van der Waals surface area (Å²) in [5, 5.41) is 3.44. The predicted octanol–water partition coefficient (Wildman–Crippen LogP) is 4.34. The first-order valence-corrected chi connectivity index (χ1v) is 10.6. The Balaban J connectivity index is 1.31. The molecule has 1 N–H and O–H groups in total. The second-order valence-corrected chi connectivity index (χ2v) is 8.25. The van der Waals surface area contributed by atoms with Crippen molar-refractivity contribution in [3.05, 3.63) is 42.2 Å². The number of ether oxygens (including phenoxy) is 2. The fourth-order valence-electron chi connectivity index (χ4n) is 3.70. The van der Waals surface area contributed by atoms with Crippen molar-refractivity contribution in [3.63, 3.8) is 0 Å². The van der Waals surface area contributed by atoms with Gasteiger partial charge in [0.1, 0.15) is 5.52 Å². The van der Waals surface area contributed by atoms with E-state index in [-0.39, 0.29) is 0 Å². The van der Waals surface area contributed by atoms with Crippen LogP contribution in [0.4, 0.5) is 6.01 Å². The van der Waals surface area contributed by atoms with Crippen molar-refractivity contribution in [1.29, 1.82) is 0 Å². The van der Waals surface area contributed by atoms with Crippen LogP contribution in [0.2, 0.25) is 0 Å². The van der Waals surface area contributed by atoms with Gasteiger partial charge in [0, 0.05) is 31.9 Å². The van der Waals surface area contributed by atoms with E-state index in [0.29, 0.717) is 30.2 Å². The van der Waals surface area contributed by atoms with Crippen LogP contribution in [0.25, 0.3) is 11.1 Å². The van der Waals surface area contributed by atoms with E-state index in [1.165, 1.54) is 5.56 Å². The number of nitrogens with zero attached hydrogens (tertiary/aromatic N) is 3. The summed E-state index contributed by atoms with van der Waals surface area (Å²) in [6, 6.07) is 9.04. The lowest BCUT2D eigenvalue weighted by atomic mass is 10.0. The third-order valence-electron chi connectivity index (χ3n) is 5.31. The Hall–Kier alpha value is -2.80. The first-order chi connectivity index (χ1) is 14.6. The van der Waals surface area contributed by atoms with Crippen LogP contribution in [0.5, 0.6) is 11.5 Å². The van der Waals surface area contributed by atoms with E-state index in [0.717, 1.165) is 49.5 Å². The molecule has 1 saturated heterocycles. The SMILES string of the molecule is COc1ccc(CN2CCC(Nc3nc4ccncc4o3)CC2)cc1OCC(C)C. The first-order valence-electron chi connectivity index (χ1n) is 10.6. The van der Waals surface area contributed by atoms with Gasteiger partial charge in [-0.25, -0.2) is 0 Å². The number of likely N-dealkylation sites (tertiary alicyclic amines) is 1. The third kappa shape index (κ3) is 5.02. The summed E-state index contributed by atoms with van der Waals surface area (Å²) in [5.41, 5.74) is 2.79. The van der Waals surface area contributed by atoms with Crippen LogP contribution in [-0.4, -0.2) is 47.7 Å². The summed E-state index contributed by atoms with van der Waals surface area (Å²) in [5.74, 6) is 2.09. The summed E-state index contributed by atoms with van der Waals surface area (Å²) in [6.07, 6.45) is 5.52. The Bertz CT molecular complexity index is 931. The van der Waals surface area contributed by atoms with Crippen LogP contribution < -0.4 is 14.8 Å². The Labute approximate surface area is 177 Å². The van der Waals surface area contributed by atoms with Crippen molar-refractivity contribution in [2.45, 2.75) is 39.3 Å². The number of fused-ring (bicyclic) bond motifs is 1. The second-order valence-electron chi connectivity index (χ2n) is 8.25. The molecule has 0 bridgehead atoms. The molecule has 1 aliphatic heterocycles. The lowest BCUT2D eigenvalue weighted by Crippen LogP contribution is -2.38. The highest BCUT2D eigenvalue weighted by atomic mass is 16.5. The molecule has 0 aliphatic carbocycles.